The van der Waals surface area contributed by atoms with Crippen LogP contribution in [-0.2, 0) is 6.54 Å². The normalized spacial score (nSPS) is 11.8. The molecule has 1 atom stereocenters. The Morgan fingerprint density at radius 1 is 1.35 bits per heavy atom. The lowest BCUT2D eigenvalue weighted by molar-refractivity contribution is 0.340. The fourth-order valence-electron chi connectivity index (χ4n) is 1.92. The maximum absolute atomic E-state index is 8.80. The molecule has 3 nitrogen and oxygen atoms in total. The maximum atomic E-state index is 8.80. The minimum Gasteiger partial charge on any atom is -0.494 e. The molecule has 0 radical (unpaired) electrons. The first kappa shape index (κ1) is 14.6. The van der Waals surface area contributed by atoms with Crippen LogP contribution >= 0.6 is 11.3 Å². The van der Waals surface area contributed by atoms with Gasteiger partial charge < -0.3 is 10.1 Å². The molecule has 104 valence electrons. The van der Waals surface area contributed by atoms with Crippen LogP contribution in [0.4, 0.5) is 0 Å². The van der Waals surface area contributed by atoms with E-state index in [0.717, 1.165) is 17.9 Å². The van der Waals surface area contributed by atoms with Crippen molar-refractivity contribution in [3.8, 4) is 11.8 Å². The number of benzene rings is 1. The molecule has 1 N–H and O–H groups in total. The van der Waals surface area contributed by atoms with Crippen molar-refractivity contribution in [2.75, 3.05) is 6.61 Å². The van der Waals surface area contributed by atoms with E-state index in [2.05, 4.69) is 30.4 Å². The van der Waals surface area contributed by atoms with Crippen LogP contribution in [0, 0.1) is 11.3 Å². The molecular formula is C16H18N2OS. The smallest absolute Gasteiger partial charge is 0.119 e. The summed E-state index contributed by atoms with van der Waals surface area (Å²) in [6.07, 6.45) is 0. The van der Waals surface area contributed by atoms with Crippen LogP contribution in [0.2, 0.25) is 0 Å². The molecule has 2 aromatic rings. The third-order valence-corrected chi connectivity index (χ3v) is 3.99. The summed E-state index contributed by atoms with van der Waals surface area (Å²) in [6.45, 7) is 5.58. The first-order chi connectivity index (χ1) is 9.72. The van der Waals surface area contributed by atoms with Crippen molar-refractivity contribution < 1.29 is 4.74 Å². The predicted molar refractivity (Wildman–Crippen MR) is 81.9 cm³/mol. The largest absolute Gasteiger partial charge is 0.494 e. The van der Waals surface area contributed by atoms with Gasteiger partial charge in [-0.3, -0.25) is 0 Å². The summed E-state index contributed by atoms with van der Waals surface area (Å²) >= 11 is 1.62. The summed E-state index contributed by atoms with van der Waals surface area (Å²) in [4.78, 5) is 1.18. The van der Waals surface area contributed by atoms with E-state index in [0.29, 0.717) is 6.61 Å². The van der Waals surface area contributed by atoms with Gasteiger partial charge in [-0.2, -0.15) is 5.26 Å². The first-order valence-corrected chi connectivity index (χ1v) is 7.54. The summed E-state index contributed by atoms with van der Waals surface area (Å²) in [7, 11) is 0. The number of hydrogen-bond acceptors (Lipinski definition) is 4. The molecule has 0 aliphatic carbocycles. The number of nitrogens with one attached hydrogen (secondary N) is 1. The molecule has 0 fully saturated rings. The van der Waals surface area contributed by atoms with Gasteiger partial charge in [-0.05, 0) is 37.6 Å². The highest BCUT2D eigenvalue weighted by Crippen LogP contribution is 2.19. The van der Waals surface area contributed by atoms with Crippen LogP contribution in [0.15, 0.2) is 35.7 Å². The highest BCUT2D eigenvalue weighted by Gasteiger charge is 2.06. The van der Waals surface area contributed by atoms with Gasteiger partial charge in [0.1, 0.15) is 11.8 Å². The summed E-state index contributed by atoms with van der Waals surface area (Å²) in [5.74, 6) is 0.903. The number of hydrogen-bond donors (Lipinski definition) is 1. The minimum atomic E-state index is 0.262. The Bertz CT molecular complexity index is 583. The van der Waals surface area contributed by atoms with Gasteiger partial charge in [-0.15, -0.1) is 11.3 Å². The predicted octanol–water partition coefficient (Wildman–Crippen LogP) is 3.87. The van der Waals surface area contributed by atoms with E-state index in [-0.39, 0.29) is 6.04 Å². The van der Waals surface area contributed by atoms with Crippen molar-refractivity contribution in [1.29, 1.82) is 5.26 Å². The highest BCUT2D eigenvalue weighted by molar-refractivity contribution is 7.10. The zero-order valence-corrected chi connectivity index (χ0v) is 12.5. The molecule has 0 saturated carbocycles. The summed E-state index contributed by atoms with van der Waals surface area (Å²) in [6, 6.07) is 12.5. The van der Waals surface area contributed by atoms with Gasteiger partial charge in [0.2, 0.25) is 0 Å². The lowest BCUT2D eigenvalue weighted by Gasteiger charge is -2.14. The molecule has 1 heterocycles. The molecule has 0 spiro atoms. The van der Waals surface area contributed by atoms with Gasteiger partial charge in [0.05, 0.1) is 12.2 Å². The fourth-order valence-corrected chi connectivity index (χ4v) is 2.68. The zero-order valence-electron chi connectivity index (χ0n) is 11.7. The number of rotatable bonds is 6. The number of ether oxygens (including phenoxy) is 1. The monoisotopic (exact) mass is 286 g/mol. The van der Waals surface area contributed by atoms with Gasteiger partial charge in [-0.1, -0.05) is 12.1 Å². The van der Waals surface area contributed by atoms with Gasteiger partial charge in [0.25, 0.3) is 0 Å². The zero-order chi connectivity index (χ0) is 14.4. The molecule has 0 bridgehead atoms. The molecule has 0 aliphatic heterocycles. The van der Waals surface area contributed by atoms with Crippen LogP contribution in [0.3, 0.4) is 0 Å². The summed E-state index contributed by atoms with van der Waals surface area (Å²) < 4.78 is 5.44. The molecule has 0 amide bonds. The standard InChI is InChI=1S/C16H18N2OS/c1-3-19-15-6-4-14(5-7-15)12(2)18-10-16-8-13(9-17)11-20-16/h4-8,11-12,18H,3,10H2,1-2H3. The Kier molecular flexibility index (Phi) is 5.16. The molecule has 0 saturated heterocycles. The Labute approximate surface area is 123 Å². The molecular weight excluding hydrogens is 268 g/mol. The van der Waals surface area contributed by atoms with E-state index in [1.54, 1.807) is 11.3 Å². The van der Waals surface area contributed by atoms with E-state index in [4.69, 9.17) is 10.00 Å². The van der Waals surface area contributed by atoms with Crippen molar-refractivity contribution in [1.82, 2.24) is 5.32 Å². The second-order valence-electron chi connectivity index (χ2n) is 4.52. The number of thiophene rings is 1. The quantitative estimate of drug-likeness (QED) is 0.876. The van der Waals surface area contributed by atoms with E-state index < -0.39 is 0 Å². The van der Waals surface area contributed by atoms with Crippen molar-refractivity contribution in [3.05, 3.63) is 51.7 Å². The minimum absolute atomic E-state index is 0.262. The molecule has 1 aromatic heterocycles. The van der Waals surface area contributed by atoms with Crippen LogP contribution in [0.1, 0.15) is 35.9 Å². The summed E-state index contributed by atoms with van der Waals surface area (Å²) in [5, 5.41) is 14.2. The van der Waals surface area contributed by atoms with E-state index in [9.17, 15) is 0 Å². The Balaban J connectivity index is 1.91. The van der Waals surface area contributed by atoms with Crippen LogP contribution in [0.5, 0.6) is 5.75 Å². The maximum Gasteiger partial charge on any atom is 0.119 e. The molecule has 4 heteroatoms. The molecule has 20 heavy (non-hydrogen) atoms. The molecule has 1 unspecified atom stereocenters. The van der Waals surface area contributed by atoms with Crippen molar-refractivity contribution >= 4 is 11.3 Å². The van der Waals surface area contributed by atoms with Gasteiger partial charge in [0, 0.05) is 22.8 Å². The van der Waals surface area contributed by atoms with Gasteiger partial charge in [0.15, 0.2) is 0 Å². The van der Waals surface area contributed by atoms with E-state index in [1.807, 2.05) is 30.5 Å². The van der Waals surface area contributed by atoms with Crippen LogP contribution < -0.4 is 10.1 Å². The van der Waals surface area contributed by atoms with Crippen molar-refractivity contribution in [2.45, 2.75) is 26.4 Å². The van der Waals surface area contributed by atoms with Crippen molar-refractivity contribution in [3.63, 3.8) is 0 Å². The summed E-state index contributed by atoms with van der Waals surface area (Å²) in [5.41, 5.74) is 1.96. The second kappa shape index (κ2) is 7.09. The van der Waals surface area contributed by atoms with Gasteiger partial charge in [-0.25, -0.2) is 0 Å². The third-order valence-electron chi connectivity index (χ3n) is 3.06. The van der Waals surface area contributed by atoms with E-state index in [1.165, 1.54) is 10.4 Å². The van der Waals surface area contributed by atoms with E-state index >= 15 is 0 Å². The number of nitriles is 1. The second-order valence-corrected chi connectivity index (χ2v) is 5.51. The molecule has 2 rings (SSSR count). The van der Waals surface area contributed by atoms with Crippen LogP contribution in [-0.4, -0.2) is 6.61 Å². The van der Waals surface area contributed by atoms with Crippen molar-refractivity contribution in [2.24, 2.45) is 0 Å². The Hall–Kier alpha value is -1.83. The lowest BCUT2D eigenvalue weighted by Crippen LogP contribution is -2.17. The Morgan fingerprint density at radius 2 is 2.10 bits per heavy atom. The molecule has 0 aliphatic rings. The molecule has 1 aromatic carbocycles. The number of nitrogens with zero attached hydrogens (tertiary/aromatic N) is 1. The SMILES string of the molecule is CCOc1ccc(C(C)NCc2cc(C#N)cs2)cc1. The Morgan fingerprint density at radius 3 is 2.70 bits per heavy atom. The average molecular weight is 286 g/mol. The average Bonchev–Trinajstić information content (AvgIpc) is 2.94. The first-order valence-electron chi connectivity index (χ1n) is 6.66. The van der Waals surface area contributed by atoms with Crippen LogP contribution in [0.25, 0.3) is 0 Å². The van der Waals surface area contributed by atoms with Gasteiger partial charge >= 0.3 is 0 Å². The highest BCUT2D eigenvalue weighted by atomic mass is 32.1. The lowest BCUT2D eigenvalue weighted by atomic mass is 10.1. The topological polar surface area (TPSA) is 45.0 Å². The fraction of sp³-hybridized carbons (Fsp3) is 0.312. The third kappa shape index (κ3) is 3.83.